The lowest BCUT2D eigenvalue weighted by atomic mass is 10.0. The third kappa shape index (κ3) is 22.7. The molecule has 2 amide bonds. The number of amides is 2. The van der Waals surface area contributed by atoms with Gasteiger partial charge >= 0.3 is 11.9 Å². The van der Waals surface area contributed by atoms with Crippen LogP contribution in [0.5, 0.6) is 0 Å². The van der Waals surface area contributed by atoms with Gasteiger partial charge in [0.05, 0.1) is 14.2 Å². The van der Waals surface area contributed by atoms with Crippen LogP contribution in [0.2, 0.25) is 0 Å². The van der Waals surface area contributed by atoms with Crippen LogP contribution in [0, 0.1) is 0 Å². The molecule has 9 heteroatoms. The van der Waals surface area contributed by atoms with Crippen LogP contribution >= 0.6 is 11.8 Å². The number of rotatable bonds is 26. The Morgan fingerprint density at radius 1 is 0.667 bits per heavy atom. The second-order valence-corrected chi connectivity index (χ2v) is 11.5. The Bertz CT molecular complexity index is 661. The fraction of sp³-hybridized carbons (Fsp3) is 0.867. The standard InChI is InChI=1S/C30H56N2O6S/c1-5-6-7-8-9-10-11-12-13-14-15-16-17-18-19-20-23-39-24-27(31-25(2)33)29(35)32-26(30(36)38-4)21-22-28(34)37-3/h26-27H,5-24H2,1-4H3,(H,31,33)(H,32,35)/t26-,27+/m0/s1. The summed E-state index contributed by atoms with van der Waals surface area (Å²) in [6.45, 7) is 3.62. The molecule has 8 nitrogen and oxygen atoms in total. The predicted octanol–water partition coefficient (Wildman–Crippen LogP) is 6.10. The lowest BCUT2D eigenvalue weighted by Gasteiger charge is -2.21. The number of ether oxygens (including phenoxy) is 2. The third-order valence-corrected chi connectivity index (χ3v) is 7.93. The van der Waals surface area contributed by atoms with Gasteiger partial charge < -0.3 is 20.1 Å². The highest BCUT2D eigenvalue weighted by molar-refractivity contribution is 7.99. The van der Waals surface area contributed by atoms with E-state index < -0.39 is 29.9 Å². The number of hydrogen-bond acceptors (Lipinski definition) is 7. The van der Waals surface area contributed by atoms with Crippen LogP contribution < -0.4 is 10.6 Å². The Balaban J connectivity index is 4.00. The highest BCUT2D eigenvalue weighted by atomic mass is 32.2. The number of thioether (sulfide) groups is 1. The molecule has 0 aromatic carbocycles. The molecule has 0 rings (SSSR count). The van der Waals surface area contributed by atoms with Crippen molar-refractivity contribution >= 4 is 35.5 Å². The molecular formula is C30H56N2O6S. The smallest absolute Gasteiger partial charge is 0.328 e. The van der Waals surface area contributed by atoms with Crippen LogP contribution in [0.1, 0.15) is 129 Å². The van der Waals surface area contributed by atoms with Gasteiger partial charge in [-0.05, 0) is 18.6 Å². The van der Waals surface area contributed by atoms with Gasteiger partial charge in [-0.15, -0.1) is 0 Å². The number of methoxy groups -OCH3 is 2. The molecule has 0 aliphatic carbocycles. The number of nitrogens with one attached hydrogen (secondary N) is 2. The Morgan fingerprint density at radius 3 is 1.59 bits per heavy atom. The highest BCUT2D eigenvalue weighted by Crippen LogP contribution is 2.15. The minimum absolute atomic E-state index is 0.0324. The number of esters is 2. The van der Waals surface area contributed by atoms with E-state index in [0.29, 0.717) is 5.75 Å². The largest absolute Gasteiger partial charge is 0.469 e. The van der Waals surface area contributed by atoms with Crippen LogP contribution in [-0.4, -0.2) is 61.6 Å². The van der Waals surface area contributed by atoms with Gasteiger partial charge in [0.1, 0.15) is 12.1 Å². The zero-order valence-electron chi connectivity index (χ0n) is 25.2. The van der Waals surface area contributed by atoms with Crippen LogP contribution in [0.25, 0.3) is 0 Å². The Kier molecular flexibility index (Phi) is 25.3. The van der Waals surface area contributed by atoms with Crippen molar-refractivity contribution in [2.45, 2.75) is 142 Å². The molecule has 0 unspecified atom stereocenters. The third-order valence-electron chi connectivity index (χ3n) is 6.79. The summed E-state index contributed by atoms with van der Waals surface area (Å²) >= 11 is 1.62. The summed E-state index contributed by atoms with van der Waals surface area (Å²) in [5, 5.41) is 5.27. The number of hydrogen-bond donors (Lipinski definition) is 2. The van der Waals surface area contributed by atoms with E-state index in [-0.39, 0.29) is 18.7 Å². The lowest BCUT2D eigenvalue weighted by Crippen LogP contribution is -2.52. The average Bonchev–Trinajstić information content (AvgIpc) is 2.92. The lowest BCUT2D eigenvalue weighted by molar-refractivity contribution is -0.146. The fourth-order valence-corrected chi connectivity index (χ4v) is 5.45. The summed E-state index contributed by atoms with van der Waals surface area (Å²) in [6, 6.07) is -1.75. The summed E-state index contributed by atoms with van der Waals surface area (Å²) in [5.41, 5.74) is 0. The molecule has 0 saturated heterocycles. The summed E-state index contributed by atoms with van der Waals surface area (Å²) in [6.07, 6.45) is 21.3. The van der Waals surface area contributed by atoms with Gasteiger partial charge in [-0.25, -0.2) is 4.79 Å². The Labute approximate surface area is 241 Å². The quantitative estimate of drug-likeness (QED) is 0.0952. The van der Waals surface area contributed by atoms with Crippen molar-refractivity contribution in [3.63, 3.8) is 0 Å². The topological polar surface area (TPSA) is 111 Å². The summed E-state index contributed by atoms with van der Waals surface area (Å²) in [4.78, 5) is 47.9. The van der Waals surface area contributed by atoms with E-state index in [1.807, 2.05) is 0 Å². The van der Waals surface area contributed by atoms with E-state index in [2.05, 4.69) is 22.3 Å². The maximum absolute atomic E-state index is 12.8. The maximum Gasteiger partial charge on any atom is 0.328 e. The van der Waals surface area contributed by atoms with Gasteiger partial charge in [-0.2, -0.15) is 11.8 Å². The SMILES string of the molecule is CCCCCCCCCCCCCCCCCCSC[C@@H](NC(C)=O)C(=O)N[C@@H](CCC(=O)OC)C(=O)OC. The normalized spacial score (nSPS) is 12.4. The number of unbranched alkanes of at least 4 members (excludes halogenated alkanes) is 15. The van der Waals surface area contributed by atoms with Crippen molar-refractivity contribution in [1.82, 2.24) is 10.6 Å². The molecule has 0 saturated carbocycles. The van der Waals surface area contributed by atoms with Gasteiger partial charge in [0.25, 0.3) is 0 Å². The maximum atomic E-state index is 12.8. The van der Waals surface area contributed by atoms with Crippen molar-refractivity contribution in [3.8, 4) is 0 Å². The average molecular weight is 573 g/mol. The van der Waals surface area contributed by atoms with E-state index in [0.717, 1.165) is 12.2 Å². The van der Waals surface area contributed by atoms with E-state index in [9.17, 15) is 19.2 Å². The van der Waals surface area contributed by atoms with Crippen molar-refractivity contribution in [2.75, 3.05) is 25.7 Å². The number of carbonyl (C=O) groups excluding carboxylic acids is 4. The van der Waals surface area contributed by atoms with Gasteiger partial charge in [0.15, 0.2) is 0 Å². The molecule has 0 bridgehead atoms. The molecule has 2 atom stereocenters. The van der Waals surface area contributed by atoms with Crippen molar-refractivity contribution < 1.29 is 28.7 Å². The van der Waals surface area contributed by atoms with E-state index in [1.54, 1.807) is 11.8 Å². The van der Waals surface area contributed by atoms with Crippen LogP contribution in [0.4, 0.5) is 0 Å². The monoisotopic (exact) mass is 572 g/mol. The molecule has 0 aliphatic rings. The predicted molar refractivity (Wildman–Crippen MR) is 160 cm³/mol. The fourth-order valence-electron chi connectivity index (χ4n) is 4.41. The first-order chi connectivity index (χ1) is 18.8. The molecule has 0 aromatic rings. The first kappa shape index (κ1) is 37.2. The molecule has 2 N–H and O–H groups in total. The minimum atomic E-state index is -0.983. The zero-order valence-corrected chi connectivity index (χ0v) is 26.0. The van der Waals surface area contributed by atoms with E-state index in [1.165, 1.54) is 117 Å². The van der Waals surface area contributed by atoms with Crippen LogP contribution in [0.3, 0.4) is 0 Å². The summed E-state index contributed by atoms with van der Waals surface area (Å²) < 4.78 is 9.34. The van der Waals surface area contributed by atoms with Crippen molar-refractivity contribution in [3.05, 3.63) is 0 Å². The molecule has 39 heavy (non-hydrogen) atoms. The second-order valence-electron chi connectivity index (χ2n) is 10.3. The van der Waals surface area contributed by atoms with E-state index >= 15 is 0 Å². The van der Waals surface area contributed by atoms with Crippen molar-refractivity contribution in [2.24, 2.45) is 0 Å². The van der Waals surface area contributed by atoms with Crippen LogP contribution in [0.15, 0.2) is 0 Å². The molecule has 0 aliphatic heterocycles. The van der Waals surface area contributed by atoms with Gasteiger partial charge in [-0.1, -0.05) is 103 Å². The van der Waals surface area contributed by atoms with Gasteiger partial charge in [-0.3, -0.25) is 14.4 Å². The van der Waals surface area contributed by atoms with Gasteiger partial charge in [0.2, 0.25) is 11.8 Å². The molecule has 0 aromatic heterocycles. The summed E-state index contributed by atoms with van der Waals surface area (Å²) in [5.74, 6) is -0.590. The first-order valence-corrected chi connectivity index (χ1v) is 16.3. The Hall–Kier alpha value is -1.77. The minimum Gasteiger partial charge on any atom is -0.469 e. The molecule has 0 heterocycles. The zero-order chi connectivity index (χ0) is 29.1. The second kappa shape index (κ2) is 26.5. The summed E-state index contributed by atoms with van der Waals surface area (Å²) in [7, 11) is 2.48. The molecular weight excluding hydrogens is 516 g/mol. The van der Waals surface area contributed by atoms with E-state index in [4.69, 9.17) is 4.74 Å². The molecule has 0 spiro atoms. The molecule has 0 fully saturated rings. The van der Waals surface area contributed by atoms with Crippen LogP contribution in [-0.2, 0) is 28.7 Å². The molecule has 228 valence electrons. The highest BCUT2D eigenvalue weighted by Gasteiger charge is 2.27. The Morgan fingerprint density at radius 2 is 1.15 bits per heavy atom. The molecule has 0 radical (unpaired) electrons. The number of carbonyl (C=O) groups is 4. The first-order valence-electron chi connectivity index (χ1n) is 15.2. The van der Waals surface area contributed by atoms with Crippen molar-refractivity contribution in [1.29, 1.82) is 0 Å². The van der Waals surface area contributed by atoms with Gasteiger partial charge in [0, 0.05) is 19.1 Å².